The van der Waals surface area contributed by atoms with E-state index in [0.29, 0.717) is 12.1 Å². The van der Waals surface area contributed by atoms with Gasteiger partial charge >= 0.3 is 0 Å². The summed E-state index contributed by atoms with van der Waals surface area (Å²) in [4.78, 5) is 12.2. The van der Waals surface area contributed by atoms with E-state index in [1.54, 1.807) is 10.9 Å². The average Bonchev–Trinajstić information content (AvgIpc) is 2.98. The summed E-state index contributed by atoms with van der Waals surface area (Å²) in [6.07, 6.45) is 5.43. The molecule has 1 aromatic heterocycles. The maximum atomic E-state index is 12.2. The van der Waals surface area contributed by atoms with E-state index in [4.69, 9.17) is 0 Å². The first-order valence-corrected chi connectivity index (χ1v) is 7.39. The van der Waals surface area contributed by atoms with Crippen LogP contribution < -0.4 is 10.6 Å². The van der Waals surface area contributed by atoms with E-state index in [-0.39, 0.29) is 24.4 Å². The highest BCUT2D eigenvalue weighted by Gasteiger charge is 2.17. The minimum Gasteiger partial charge on any atom is -0.349 e. The lowest BCUT2D eigenvalue weighted by Crippen LogP contribution is -2.42. The summed E-state index contributed by atoms with van der Waals surface area (Å²) in [6.45, 7) is 2.62. The largest absolute Gasteiger partial charge is 0.349 e. The van der Waals surface area contributed by atoms with Gasteiger partial charge in [-0.3, -0.25) is 9.48 Å². The molecule has 6 heteroatoms. The molecule has 0 unspecified atom stereocenters. The van der Waals surface area contributed by atoms with Gasteiger partial charge in [0.1, 0.15) is 0 Å². The van der Waals surface area contributed by atoms with Gasteiger partial charge in [-0.15, -0.1) is 12.4 Å². The van der Waals surface area contributed by atoms with Crippen LogP contribution in [0.25, 0.3) is 0 Å². The zero-order valence-corrected chi connectivity index (χ0v) is 13.2. The number of benzene rings is 1. The lowest BCUT2D eigenvalue weighted by atomic mass is 10.1. The van der Waals surface area contributed by atoms with E-state index in [1.165, 1.54) is 5.56 Å². The number of halogens is 1. The van der Waals surface area contributed by atoms with Gasteiger partial charge in [-0.2, -0.15) is 5.10 Å². The van der Waals surface area contributed by atoms with E-state index in [2.05, 4.69) is 27.9 Å². The molecule has 1 aromatic carbocycles. The molecule has 0 bridgehead atoms. The number of amides is 1. The van der Waals surface area contributed by atoms with Gasteiger partial charge in [-0.25, -0.2) is 0 Å². The molecular formula is C16H21ClN4O. The number of nitrogens with zero attached hydrogens (tertiary/aromatic N) is 2. The van der Waals surface area contributed by atoms with Crippen molar-refractivity contribution in [2.24, 2.45) is 0 Å². The molecule has 1 fully saturated rings. The van der Waals surface area contributed by atoms with Gasteiger partial charge in [0, 0.05) is 12.2 Å². The van der Waals surface area contributed by atoms with Crippen molar-refractivity contribution in [3.05, 3.63) is 53.9 Å². The van der Waals surface area contributed by atoms with Crippen molar-refractivity contribution < 1.29 is 4.79 Å². The second-order valence-electron chi connectivity index (χ2n) is 5.41. The van der Waals surface area contributed by atoms with Gasteiger partial charge in [-0.05, 0) is 31.5 Å². The Labute approximate surface area is 136 Å². The number of carbonyl (C=O) groups excluding carboxylic acids is 1. The van der Waals surface area contributed by atoms with Crippen LogP contribution in [0, 0.1) is 0 Å². The first-order valence-electron chi connectivity index (χ1n) is 7.39. The van der Waals surface area contributed by atoms with Crippen molar-refractivity contribution in [2.75, 3.05) is 13.1 Å². The molecule has 5 nitrogen and oxygen atoms in total. The summed E-state index contributed by atoms with van der Waals surface area (Å²) in [5.74, 6) is -0.0267. The van der Waals surface area contributed by atoms with Gasteiger partial charge in [-0.1, -0.05) is 30.3 Å². The van der Waals surface area contributed by atoms with Crippen molar-refractivity contribution in [3.8, 4) is 0 Å². The van der Waals surface area contributed by atoms with E-state index >= 15 is 0 Å². The minimum atomic E-state index is -0.0267. The lowest BCUT2D eigenvalue weighted by molar-refractivity contribution is 0.0929. The molecule has 2 N–H and O–H groups in total. The fourth-order valence-corrected chi connectivity index (χ4v) is 2.57. The third-order valence-corrected chi connectivity index (χ3v) is 3.76. The van der Waals surface area contributed by atoms with Gasteiger partial charge < -0.3 is 10.6 Å². The molecule has 3 rings (SSSR count). The number of carbonyl (C=O) groups is 1. The number of hydrogen-bond acceptors (Lipinski definition) is 3. The second kappa shape index (κ2) is 7.96. The van der Waals surface area contributed by atoms with Crippen molar-refractivity contribution >= 4 is 18.3 Å². The van der Waals surface area contributed by atoms with Gasteiger partial charge in [0.25, 0.3) is 5.91 Å². The topological polar surface area (TPSA) is 59.0 Å². The number of piperidine rings is 1. The lowest BCUT2D eigenvalue weighted by Gasteiger charge is -2.23. The Balaban J connectivity index is 0.00000176. The summed E-state index contributed by atoms with van der Waals surface area (Å²) in [6, 6.07) is 10.4. The molecule has 0 spiro atoms. The quantitative estimate of drug-likeness (QED) is 0.903. The SMILES string of the molecule is Cl.O=C(NC1CCNCC1)c1cnn(Cc2ccccc2)c1. The van der Waals surface area contributed by atoms with Crippen LogP contribution in [0.3, 0.4) is 0 Å². The number of rotatable bonds is 4. The molecule has 0 atom stereocenters. The van der Waals surface area contributed by atoms with Crippen LogP contribution in [-0.2, 0) is 6.54 Å². The van der Waals surface area contributed by atoms with E-state index < -0.39 is 0 Å². The predicted octanol–water partition coefficient (Wildman–Crippen LogP) is 1.83. The molecule has 1 aliphatic heterocycles. The fraction of sp³-hybridized carbons (Fsp3) is 0.375. The maximum Gasteiger partial charge on any atom is 0.254 e. The number of aromatic nitrogens is 2. The maximum absolute atomic E-state index is 12.2. The Bertz CT molecular complexity index is 593. The first-order chi connectivity index (χ1) is 10.3. The van der Waals surface area contributed by atoms with Crippen LogP contribution in [0.1, 0.15) is 28.8 Å². The molecule has 1 aliphatic rings. The van der Waals surface area contributed by atoms with Gasteiger partial charge in [0.15, 0.2) is 0 Å². The standard InChI is InChI=1S/C16H20N4O.ClH/c21-16(19-15-6-8-17-9-7-15)14-10-18-20(12-14)11-13-4-2-1-3-5-13;/h1-5,10,12,15,17H,6-9,11H2,(H,19,21);1H. The van der Waals surface area contributed by atoms with Crippen LogP contribution in [0.2, 0.25) is 0 Å². The fourth-order valence-electron chi connectivity index (χ4n) is 2.57. The molecule has 1 saturated heterocycles. The Kier molecular flexibility index (Phi) is 5.98. The minimum absolute atomic E-state index is 0. The van der Waals surface area contributed by atoms with Crippen LogP contribution >= 0.6 is 12.4 Å². The molecule has 118 valence electrons. The summed E-state index contributed by atoms with van der Waals surface area (Å²) in [7, 11) is 0. The monoisotopic (exact) mass is 320 g/mol. The normalized spacial score (nSPS) is 15.1. The third kappa shape index (κ3) is 4.32. The molecule has 2 aromatic rings. The predicted molar refractivity (Wildman–Crippen MR) is 88.4 cm³/mol. The average molecular weight is 321 g/mol. The van der Waals surface area contributed by atoms with Crippen molar-refractivity contribution in [2.45, 2.75) is 25.4 Å². The van der Waals surface area contributed by atoms with E-state index in [0.717, 1.165) is 25.9 Å². The van der Waals surface area contributed by atoms with Crippen LogP contribution in [0.5, 0.6) is 0 Å². The molecule has 0 aliphatic carbocycles. The zero-order valence-electron chi connectivity index (χ0n) is 12.4. The highest BCUT2D eigenvalue weighted by atomic mass is 35.5. The Morgan fingerprint density at radius 1 is 1.27 bits per heavy atom. The Morgan fingerprint density at radius 2 is 2.00 bits per heavy atom. The van der Waals surface area contributed by atoms with Crippen LogP contribution in [0.15, 0.2) is 42.7 Å². The Hall–Kier alpha value is -1.85. The van der Waals surface area contributed by atoms with Crippen LogP contribution in [0.4, 0.5) is 0 Å². The number of nitrogens with one attached hydrogen (secondary N) is 2. The first kappa shape index (κ1) is 16.5. The molecule has 2 heterocycles. The summed E-state index contributed by atoms with van der Waals surface area (Å²) < 4.78 is 1.80. The summed E-state index contributed by atoms with van der Waals surface area (Å²) in [5, 5.41) is 10.6. The molecular weight excluding hydrogens is 300 g/mol. The van der Waals surface area contributed by atoms with E-state index in [1.807, 2.05) is 24.4 Å². The highest BCUT2D eigenvalue weighted by Crippen LogP contribution is 2.06. The Morgan fingerprint density at radius 3 is 2.73 bits per heavy atom. The molecule has 0 radical (unpaired) electrons. The van der Waals surface area contributed by atoms with Crippen molar-refractivity contribution in [3.63, 3.8) is 0 Å². The van der Waals surface area contributed by atoms with Crippen molar-refractivity contribution in [1.82, 2.24) is 20.4 Å². The molecule has 1 amide bonds. The summed E-state index contributed by atoms with van der Waals surface area (Å²) >= 11 is 0. The third-order valence-electron chi connectivity index (χ3n) is 3.76. The van der Waals surface area contributed by atoms with Crippen LogP contribution in [-0.4, -0.2) is 34.8 Å². The molecule has 22 heavy (non-hydrogen) atoms. The van der Waals surface area contributed by atoms with Gasteiger partial charge in [0.2, 0.25) is 0 Å². The highest BCUT2D eigenvalue weighted by molar-refractivity contribution is 5.93. The number of hydrogen-bond donors (Lipinski definition) is 2. The smallest absolute Gasteiger partial charge is 0.254 e. The van der Waals surface area contributed by atoms with Crippen molar-refractivity contribution in [1.29, 1.82) is 0 Å². The second-order valence-corrected chi connectivity index (χ2v) is 5.41. The van der Waals surface area contributed by atoms with E-state index in [9.17, 15) is 4.79 Å². The zero-order chi connectivity index (χ0) is 14.5. The summed E-state index contributed by atoms with van der Waals surface area (Å²) in [5.41, 5.74) is 1.80. The molecule has 0 saturated carbocycles. The van der Waals surface area contributed by atoms with Gasteiger partial charge in [0.05, 0.1) is 18.3 Å².